The van der Waals surface area contributed by atoms with E-state index >= 15 is 0 Å². The van der Waals surface area contributed by atoms with Gasteiger partial charge in [-0.1, -0.05) is 12.1 Å². The van der Waals surface area contributed by atoms with Crippen LogP contribution >= 0.6 is 0 Å². The van der Waals surface area contributed by atoms with E-state index < -0.39 is 0 Å². The predicted octanol–water partition coefficient (Wildman–Crippen LogP) is 3.46. The Hall–Kier alpha value is -2.77. The number of nitrogens with one attached hydrogen (secondary N) is 1. The number of ether oxygens (including phenoxy) is 3. The molecule has 30 heavy (non-hydrogen) atoms. The van der Waals surface area contributed by atoms with Crippen molar-refractivity contribution in [3.8, 4) is 11.5 Å². The maximum absolute atomic E-state index is 13.0. The minimum absolute atomic E-state index is 0.123. The van der Waals surface area contributed by atoms with Crippen LogP contribution < -0.4 is 14.8 Å². The van der Waals surface area contributed by atoms with Crippen molar-refractivity contribution in [3.63, 3.8) is 0 Å². The molecule has 1 aliphatic rings. The summed E-state index contributed by atoms with van der Waals surface area (Å²) in [7, 11) is 1.62. The number of methoxy groups -OCH3 is 1. The van der Waals surface area contributed by atoms with Crippen molar-refractivity contribution in [1.82, 2.24) is 9.80 Å². The van der Waals surface area contributed by atoms with Gasteiger partial charge >= 0.3 is 6.03 Å². The molecular weight excluding hydrogens is 382 g/mol. The smallest absolute Gasteiger partial charge is 0.322 e. The zero-order valence-corrected chi connectivity index (χ0v) is 17.8. The summed E-state index contributed by atoms with van der Waals surface area (Å²) in [4.78, 5) is 17.2. The van der Waals surface area contributed by atoms with Crippen molar-refractivity contribution in [2.75, 3.05) is 58.4 Å². The van der Waals surface area contributed by atoms with E-state index in [4.69, 9.17) is 14.2 Å². The fourth-order valence-corrected chi connectivity index (χ4v) is 3.29. The van der Waals surface area contributed by atoms with Crippen molar-refractivity contribution in [1.29, 1.82) is 0 Å². The highest BCUT2D eigenvalue weighted by molar-refractivity contribution is 5.89. The van der Waals surface area contributed by atoms with Crippen molar-refractivity contribution < 1.29 is 19.0 Å². The van der Waals surface area contributed by atoms with Crippen LogP contribution in [0.4, 0.5) is 10.5 Å². The number of rotatable bonds is 9. The largest absolute Gasteiger partial charge is 0.497 e. The molecule has 1 aliphatic heterocycles. The normalized spacial score (nSPS) is 14.2. The lowest BCUT2D eigenvalue weighted by Crippen LogP contribution is -2.44. The Bertz CT molecular complexity index is 774. The maximum atomic E-state index is 13.0. The highest BCUT2D eigenvalue weighted by atomic mass is 16.5. The molecule has 162 valence electrons. The van der Waals surface area contributed by atoms with E-state index in [-0.39, 0.29) is 6.03 Å². The summed E-state index contributed by atoms with van der Waals surface area (Å²) in [5, 5.41) is 3.00. The average Bonchev–Trinajstić information content (AvgIpc) is 2.79. The van der Waals surface area contributed by atoms with Crippen molar-refractivity contribution in [2.45, 2.75) is 13.5 Å². The number of nitrogens with zero attached hydrogens (tertiary/aromatic N) is 2. The van der Waals surface area contributed by atoms with Gasteiger partial charge in [0.15, 0.2) is 0 Å². The molecule has 2 amide bonds. The summed E-state index contributed by atoms with van der Waals surface area (Å²) in [6, 6.07) is 15.1. The first-order valence-electron chi connectivity index (χ1n) is 10.4. The van der Waals surface area contributed by atoms with Crippen molar-refractivity contribution >= 4 is 11.7 Å². The SMILES string of the molecule is CCOc1ccc(CN(CCN2CCOCC2)C(=O)Nc2ccc(OC)cc2)cc1. The first kappa shape index (κ1) is 21.9. The fraction of sp³-hybridized carbons (Fsp3) is 0.435. The van der Waals surface area contributed by atoms with Crippen LogP contribution in [0.5, 0.6) is 11.5 Å². The lowest BCUT2D eigenvalue weighted by molar-refractivity contribution is 0.0349. The van der Waals surface area contributed by atoms with E-state index in [9.17, 15) is 4.79 Å². The molecule has 1 fully saturated rings. The molecule has 2 aromatic rings. The molecule has 1 heterocycles. The molecule has 0 unspecified atom stereocenters. The molecule has 1 N–H and O–H groups in total. The second kappa shape index (κ2) is 11.4. The van der Waals surface area contributed by atoms with E-state index in [0.29, 0.717) is 19.7 Å². The highest BCUT2D eigenvalue weighted by Crippen LogP contribution is 2.17. The van der Waals surface area contributed by atoms with Crippen molar-refractivity contribution in [3.05, 3.63) is 54.1 Å². The predicted molar refractivity (Wildman–Crippen MR) is 117 cm³/mol. The number of urea groups is 1. The molecule has 0 bridgehead atoms. The number of hydrogen-bond acceptors (Lipinski definition) is 5. The van der Waals surface area contributed by atoms with Crippen LogP contribution in [0.15, 0.2) is 48.5 Å². The van der Waals surface area contributed by atoms with Gasteiger partial charge in [-0.15, -0.1) is 0 Å². The van der Waals surface area contributed by atoms with E-state index in [1.165, 1.54) is 0 Å². The zero-order chi connectivity index (χ0) is 21.2. The maximum Gasteiger partial charge on any atom is 0.322 e. The summed E-state index contributed by atoms with van der Waals surface area (Å²) < 4.78 is 16.1. The third kappa shape index (κ3) is 6.64. The Morgan fingerprint density at radius 3 is 2.37 bits per heavy atom. The van der Waals surface area contributed by atoms with E-state index in [0.717, 1.165) is 55.6 Å². The molecule has 0 atom stereocenters. The summed E-state index contributed by atoms with van der Waals surface area (Å²) in [5.41, 5.74) is 1.80. The van der Waals surface area contributed by atoms with Crippen LogP contribution in [0.3, 0.4) is 0 Å². The fourth-order valence-electron chi connectivity index (χ4n) is 3.29. The highest BCUT2D eigenvalue weighted by Gasteiger charge is 2.17. The second-order valence-electron chi connectivity index (χ2n) is 7.11. The standard InChI is InChI=1S/C23H31N3O4/c1-3-30-22-8-4-19(5-9-22)18-26(13-12-25-14-16-29-17-15-25)23(27)24-20-6-10-21(28-2)11-7-20/h4-11H,3,12-18H2,1-2H3,(H,24,27). The van der Waals surface area contributed by atoms with E-state index in [1.807, 2.05) is 60.4 Å². The molecular formula is C23H31N3O4. The first-order chi connectivity index (χ1) is 14.7. The lowest BCUT2D eigenvalue weighted by atomic mass is 10.2. The van der Waals surface area contributed by atoms with Gasteiger partial charge in [-0.2, -0.15) is 0 Å². The van der Waals surface area contributed by atoms with Crippen molar-refractivity contribution in [2.24, 2.45) is 0 Å². The average molecular weight is 414 g/mol. The van der Waals surface area contributed by atoms with Gasteiger partial charge in [0.1, 0.15) is 11.5 Å². The number of hydrogen-bond donors (Lipinski definition) is 1. The molecule has 1 saturated heterocycles. The summed E-state index contributed by atoms with van der Waals surface area (Å²) in [5.74, 6) is 1.59. The van der Waals surface area contributed by atoms with Crippen LogP contribution in [0.2, 0.25) is 0 Å². The van der Waals surface area contributed by atoms with Crippen LogP contribution in [0.25, 0.3) is 0 Å². The van der Waals surface area contributed by atoms with Crippen LogP contribution in [0, 0.1) is 0 Å². The number of carbonyl (C=O) groups excluding carboxylic acids is 1. The molecule has 2 aromatic carbocycles. The topological polar surface area (TPSA) is 63.3 Å². The van der Waals surface area contributed by atoms with Crippen LogP contribution in [-0.2, 0) is 11.3 Å². The molecule has 7 nitrogen and oxygen atoms in total. The minimum Gasteiger partial charge on any atom is -0.497 e. The van der Waals surface area contributed by atoms with E-state index in [1.54, 1.807) is 7.11 Å². The van der Waals surface area contributed by atoms with E-state index in [2.05, 4.69) is 10.2 Å². The third-order valence-electron chi connectivity index (χ3n) is 5.03. The van der Waals surface area contributed by atoms with Gasteiger partial charge in [-0.3, -0.25) is 4.90 Å². The Kier molecular flexibility index (Phi) is 8.35. The Morgan fingerprint density at radius 1 is 1.07 bits per heavy atom. The van der Waals surface area contributed by atoms with Crippen LogP contribution in [-0.4, -0.2) is 68.9 Å². The molecule has 0 spiro atoms. The Labute approximate surface area is 178 Å². The molecule has 7 heteroatoms. The Balaban J connectivity index is 1.65. The van der Waals surface area contributed by atoms with Gasteiger partial charge in [0, 0.05) is 38.4 Å². The quantitative estimate of drug-likeness (QED) is 0.682. The number of carbonyl (C=O) groups is 1. The summed E-state index contributed by atoms with van der Waals surface area (Å²) >= 11 is 0. The zero-order valence-electron chi connectivity index (χ0n) is 17.8. The van der Waals surface area contributed by atoms with Gasteiger partial charge in [-0.05, 0) is 48.9 Å². The second-order valence-corrected chi connectivity index (χ2v) is 7.11. The minimum atomic E-state index is -0.123. The van der Waals surface area contributed by atoms with Gasteiger partial charge in [0.05, 0.1) is 26.9 Å². The first-order valence-corrected chi connectivity index (χ1v) is 10.4. The lowest BCUT2D eigenvalue weighted by Gasteiger charge is -2.30. The molecule has 0 radical (unpaired) electrons. The van der Waals surface area contributed by atoms with Gasteiger partial charge in [0.2, 0.25) is 0 Å². The summed E-state index contributed by atoms with van der Waals surface area (Å²) in [6.45, 7) is 7.87. The molecule has 0 saturated carbocycles. The van der Waals surface area contributed by atoms with Gasteiger partial charge < -0.3 is 24.4 Å². The summed E-state index contributed by atoms with van der Waals surface area (Å²) in [6.07, 6.45) is 0. The number of anilines is 1. The van der Waals surface area contributed by atoms with Crippen LogP contribution in [0.1, 0.15) is 12.5 Å². The molecule has 0 aromatic heterocycles. The number of benzene rings is 2. The number of morpholine rings is 1. The van der Waals surface area contributed by atoms with Gasteiger partial charge in [0.25, 0.3) is 0 Å². The number of amides is 2. The monoisotopic (exact) mass is 413 g/mol. The Morgan fingerprint density at radius 2 is 1.73 bits per heavy atom. The molecule has 0 aliphatic carbocycles. The third-order valence-corrected chi connectivity index (χ3v) is 5.03. The molecule has 3 rings (SSSR count). The van der Waals surface area contributed by atoms with Gasteiger partial charge in [-0.25, -0.2) is 4.79 Å².